The van der Waals surface area contributed by atoms with Crippen LogP contribution in [0.3, 0.4) is 0 Å². The second-order valence-corrected chi connectivity index (χ2v) is 6.50. The third kappa shape index (κ3) is 4.24. The summed E-state index contributed by atoms with van der Waals surface area (Å²) in [6.45, 7) is 2.84. The third-order valence-electron chi connectivity index (χ3n) is 3.40. The Labute approximate surface area is 128 Å². The third-order valence-corrected chi connectivity index (χ3v) is 4.67. The first kappa shape index (κ1) is 15.4. The molecule has 0 aliphatic carbocycles. The summed E-state index contributed by atoms with van der Waals surface area (Å²) in [4.78, 5) is 27.9. The van der Waals surface area contributed by atoms with Crippen molar-refractivity contribution >= 4 is 34.9 Å². The molecule has 2 rings (SSSR count). The number of nitrogens with zero attached hydrogens (tertiary/aromatic N) is 2. The number of carbonyl (C=O) groups excluding carboxylic acids is 2. The normalized spacial score (nSPS) is 16.1. The molecule has 1 aromatic rings. The molecule has 1 aromatic heterocycles. The standard InChI is InChI=1S/C14H20N2O2S2/c1-19-11-14(18)16-5-2-4-15(6-7-16)13(17)9-12-3-8-20-10-12/h3,8,10H,2,4-7,9,11H2,1H3. The van der Waals surface area contributed by atoms with Crippen molar-refractivity contribution in [3.8, 4) is 0 Å². The molecule has 4 nitrogen and oxygen atoms in total. The van der Waals surface area contributed by atoms with Gasteiger partial charge in [-0.1, -0.05) is 0 Å². The number of thioether (sulfide) groups is 1. The van der Waals surface area contributed by atoms with Crippen molar-refractivity contribution in [1.82, 2.24) is 9.80 Å². The fraction of sp³-hybridized carbons (Fsp3) is 0.571. The van der Waals surface area contributed by atoms with Gasteiger partial charge in [0.25, 0.3) is 0 Å². The van der Waals surface area contributed by atoms with Crippen molar-refractivity contribution in [2.45, 2.75) is 12.8 Å². The lowest BCUT2D eigenvalue weighted by Gasteiger charge is -2.22. The lowest BCUT2D eigenvalue weighted by molar-refractivity contribution is -0.132. The van der Waals surface area contributed by atoms with E-state index in [4.69, 9.17) is 0 Å². The highest BCUT2D eigenvalue weighted by Crippen LogP contribution is 2.11. The second kappa shape index (κ2) is 7.69. The van der Waals surface area contributed by atoms with Crippen LogP contribution in [0, 0.1) is 0 Å². The van der Waals surface area contributed by atoms with Gasteiger partial charge in [0.05, 0.1) is 12.2 Å². The average molecular weight is 312 g/mol. The van der Waals surface area contributed by atoms with Gasteiger partial charge in [-0.3, -0.25) is 9.59 Å². The minimum Gasteiger partial charge on any atom is -0.341 e. The molecule has 0 radical (unpaired) electrons. The zero-order valence-corrected chi connectivity index (χ0v) is 13.3. The van der Waals surface area contributed by atoms with Gasteiger partial charge in [0.1, 0.15) is 0 Å². The van der Waals surface area contributed by atoms with Crippen molar-refractivity contribution in [2.75, 3.05) is 38.2 Å². The van der Waals surface area contributed by atoms with Crippen LogP contribution in [0.5, 0.6) is 0 Å². The van der Waals surface area contributed by atoms with E-state index in [0.29, 0.717) is 25.3 Å². The Morgan fingerprint density at radius 1 is 1.20 bits per heavy atom. The molecule has 0 saturated carbocycles. The van der Waals surface area contributed by atoms with Crippen LogP contribution in [0.4, 0.5) is 0 Å². The zero-order valence-electron chi connectivity index (χ0n) is 11.7. The van der Waals surface area contributed by atoms with Gasteiger partial charge in [0, 0.05) is 26.2 Å². The van der Waals surface area contributed by atoms with Crippen LogP contribution < -0.4 is 0 Å². The Morgan fingerprint density at radius 3 is 2.50 bits per heavy atom. The van der Waals surface area contributed by atoms with Crippen LogP contribution in [0.15, 0.2) is 16.8 Å². The summed E-state index contributed by atoms with van der Waals surface area (Å²) < 4.78 is 0. The van der Waals surface area contributed by atoms with Crippen LogP contribution in [0.25, 0.3) is 0 Å². The van der Waals surface area contributed by atoms with Crippen molar-refractivity contribution in [3.63, 3.8) is 0 Å². The molecule has 0 spiro atoms. The van der Waals surface area contributed by atoms with Gasteiger partial charge in [-0.25, -0.2) is 0 Å². The number of amides is 2. The molecule has 20 heavy (non-hydrogen) atoms. The molecule has 0 unspecified atom stereocenters. The minimum absolute atomic E-state index is 0.169. The highest BCUT2D eigenvalue weighted by atomic mass is 32.2. The summed E-state index contributed by atoms with van der Waals surface area (Å²) in [5.41, 5.74) is 1.08. The lowest BCUT2D eigenvalue weighted by Crippen LogP contribution is -2.38. The lowest BCUT2D eigenvalue weighted by atomic mass is 10.2. The molecule has 0 atom stereocenters. The monoisotopic (exact) mass is 312 g/mol. The average Bonchev–Trinajstić information content (AvgIpc) is 2.80. The van der Waals surface area contributed by atoms with Crippen LogP contribution in [0.1, 0.15) is 12.0 Å². The topological polar surface area (TPSA) is 40.6 Å². The molecule has 110 valence electrons. The number of hydrogen-bond donors (Lipinski definition) is 0. The number of hydrogen-bond acceptors (Lipinski definition) is 4. The molecule has 6 heteroatoms. The summed E-state index contributed by atoms with van der Waals surface area (Å²) in [6.07, 6.45) is 3.28. The van der Waals surface area contributed by atoms with E-state index >= 15 is 0 Å². The van der Waals surface area contributed by atoms with E-state index in [2.05, 4.69) is 0 Å². The van der Waals surface area contributed by atoms with Crippen LogP contribution >= 0.6 is 23.1 Å². The second-order valence-electron chi connectivity index (χ2n) is 4.86. The highest BCUT2D eigenvalue weighted by molar-refractivity contribution is 7.99. The van der Waals surface area contributed by atoms with Gasteiger partial charge in [0.2, 0.25) is 11.8 Å². The maximum Gasteiger partial charge on any atom is 0.232 e. The van der Waals surface area contributed by atoms with E-state index in [1.54, 1.807) is 23.1 Å². The van der Waals surface area contributed by atoms with Gasteiger partial charge >= 0.3 is 0 Å². The van der Waals surface area contributed by atoms with Crippen molar-refractivity contribution in [3.05, 3.63) is 22.4 Å². The molecule has 2 amide bonds. The Kier molecular flexibility index (Phi) is 5.91. The van der Waals surface area contributed by atoms with E-state index in [9.17, 15) is 9.59 Å². The molecule has 1 saturated heterocycles. The Hall–Kier alpha value is -1.01. The fourth-order valence-corrected chi connectivity index (χ4v) is 3.41. The molecular formula is C14H20N2O2S2. The number of thiophene rings is 1. The van der Waals surface area contributed by atoms with E-state index < -0.39 is 0 Å². The SMILES string of the molecule is CSCC(=O)N1CCCN(C(=O)Cc2ccsc2)CC1. The smallest absolute Gasteiger partial charge is 0.232 e. The summed E-state index contributed by atoms with van der Waals surface area (Å²) in [7, 11) is 0. The summed E-state index contributed by atoms with van der Waals surface area (Å²) in [5.74, 6) is 0.884. The summed E-state index contributed by atoms with van der Waals surface area (Å²) >= 11 is 3.17. The van der Waals surface area contributed by atoms with Crippen LogP contribution in [0.2, 0.25) is 0 Å². The van der Waals surface area contributed by atoms with Crippen LogP contribution in [-0.2, 0) is 16.0 Å². The van der Waals surface area contributed by atoms with Gasteiger partial charge in [0.15, 0.2) is 0 Å². The van der Waals surface area contributed by atoms with Gasteiger partial charge in [-0.2, -0.15) is 23.1 Å². The highest BCUT2D eigenvalue weighted by Gasteiger charge is 2.21. The predicted molar refractivity (Wildman–Crippen MR) is 84.2 cm³/mol. The minimum atomic E-state index is 0.169. The first-order valence-corrected chi connectivity index (χ1v) is 9.10. The van der Waals surface area contributed by atoms with E-state index in [1.165, 1.54) is 0 Å². The van der Waals surface area contributed by atoms with Gasteiger partial charge < -0.3 is 9.80 Å². The molecule has 0 N–H and O–H groups in total. The maximum absolute atomic E-state index is 12.2. The van der Waals surface area contributed by atoms with Gasteiger partial charge in [-0.05, 0) is 35.1 Å². The number of rotatable bonds is 4. The Bertz CT molecular complexity index is 448. The molecule has 1 fully saturated rings. The molecule has 0 bridgehead atoms. The van der Waals surface area contributed by atoms with Crippen molar-refractivity contribution < 1.29 is 9.59 Å². The quantitative estimate of drug-likeness (QED) is 0.850. The number of carbonyl (C=O) groups is 2. The van der Waals surface area contributed by atoms with Crippen LogP contribution in [-0.4, -0.2) is 59.8 Å². The molecular weight excluding hydrogens is 292 g/mol. The molecule has 1 aliphatic rings. The predicted octanol–water partition coefficient (Wildman–Crippen LogP) is 1.71. The molecule has 0 aromatic carbocycles. The first-order valence-electron chi connectivity index (χ1n) is 6.76. The van der Waals surface area contributed by atoms with E-state index in [1.807, 2.05) is 32.9 Å². The summed E-state index contributed by atoms with van der Waals surface area (Å²) in [6, 6.07) is 1.99. The Morgan fingerprint density at radius 2 is 1.90 bits per heavy atom. The maximum atomic E-state index is 12.2. The fourth-order valence-electron chi connectivity index (χ4n) is 2.31. The largest absolute Gasteiger partial charge is 0.341 e. The van der Waals surface area contributed by atoms with E-state index in [0.717, 1.165) is 25.1 Å². The molecule has 1 aliphatic heterocycles. The van der Waals surface area contributed by atoms with Crippen molar-refractivity contribution in [2.24, 2.45) is 0 Å². The van der Waals surface area contributed by atoms with Crippen molar-refractivity contribution in [1.29, 1.82) is 0 Å². The zero-order chi connectivity index (χ0) is 14.4. The summed E-state index contributed by atoms with van der Waals surface area (Å²) in [5, 5.41) is 4.01. The first-order chi connectivity index (χ1) is 9.70. The Balaban J connectivity index is 1.85. The molecule has 2 heterocycles. The van der Waals surface area contributed by atoms with E-state index in [-0.39, 0.29) is 11.8 Å². The van der Waals surface area contributed by atoms with Gasteiger partial charge in [-0.15, -0.1) is 0 Å².